The number of carbonyl (C=O) groups excluding carboxylic acids is 1. The Labute approximate surface area is 126 Å². The molecule has 0 atom stereocenters. The zero-order valence-electron chi connectivity index (χ0n) is 11.0. The normalized spacial score (nSPS) is 10.9. The lowest BCUT2D eigenvalue weighted by Gasteiger charge is -2.12. The number of rotatable bonds is 4. The van der Waals surface area contributed by atoms with Crippen molar-refractivity contribution in [2.45, 2.75) is 6.54 Å². The lowest BCUT2D eigenvalue weighted by Crippen LogP contribution is -2.23. The highest BCUT2D eigenvalue weighted by atomic mass is 79.9. The Morgan fingerprint density at radius 2 is 2.20 bits per heavy atom. The third kappa shape index (κ3) is 3.99. The van der Waals surface area contributed by atoms with Crippen molar-refractivity contribution >= 4 is 33.6 Å². The minimum absolute atomic E-state index is 0.0973. The summed E-state index contributed by atoms with van der Waals surface area (Å²) in [5.41, 5.74) is 7.25. The standard InChI is InChI=1S/C15H15BrN2O2/c1-18(10-13-6-7-14(16)20-13)15(19)8-5-11-3-2-4-12(17)9-11/h2-9H,10,17H2,1H3/b8-5+. The molecular formula is C15H15BrN2O2. The zero-order chi connectivity index (χ0) is 14.5. The lowest BCUT2D eigenvalue weighted by molar-refractivity contribution is -0.125. The summed E-state index contributed by atoms with van der Waals surface area (Å²) in [5.74, 6) is 0.630. The van der Waals surface area contributed by atoms with Crippen molar-refractivity contribution in [3.05, 3.63) is 58.5 Å². The van der Waals surface area contributed by atoms with E-state index in [1.807, 2.05) is 24.3 Å². The molecule has 0 bridgehead atoms. The Morgan fingerprint density at radius 1 is 1.40 bits per heavy atom. The monoisotopic (exact) mass is 334 g/mol. The molecule has 0 radical (unpaired) electrons. The van der Waals surface area contributed by atoms with Gasteiger partial charge in [-0.15, -0.1) is 0 Å². The van der Waals surface area contributed by atoms with Crippen LogP contribution in [-0.4, -0.2) is 17.9 Å². The number of hydrogen-bond donors (Lipinski definition) is 1. The maximum atomic E-state index is 12.0. The van der Waals surface area contributed by atoms with Crippen LogP contribution in [0.25, 0.3) is 6.08 Å². The van der Waals surface area contributed by atoms with Crippen LogP contribution < -0.4 is 5.73 Å². The van der Waals surface area contributed by atoms with Crippen LogP contribution in [0.3, 0.4) is 0 Å². The second-order valence-electron chi connectivity index (χ2n) is 4.40. The van der Waals surface area contributed by atoms with Gasteiger partial charge in [-0.2, -0.15) is 0 Å². The average molecular weight is 335 g/mol. The van der Waals surface area contributed by atoms with Gasteiger partial charge in [0.1, 0.15) is 5.76 Å². The van der Waals surface area contributed by atoms with Crippen LogP contribution in [0.2, 0.25) is 0 Å². The number of carbonyl (C=O) groups is 1. The number of nitrogens with zero attached hydrogens (tertiary/aromatic N) is 1. The van der Waals surface area contributed by atoms with Crippen molar-refractivity contribution in [1.29, 1.82) is 0 Å². The second-order valence-corrected chi connectivity index (χ2v) is 5.19. The first-order chi connectivity index (χ1) is 9.54. The van der Waals surface area contributed by atoms with Gasteiger partial charge in [-0.25, -0.2) is 0 Å². The molecule has 1 aromatic heterocycles. The SMILES string of the molecule is CN(Cc1ccc(Br)o1)C(=O)/C=C/c1cccc(N)c1. The van der Waals surface area contributed by atoms with Gasteiger partial charge in [0.25, 0.3) is 0 Å². The smallest absolute Gasteiger partial charge is 0.246 e. The number of anilines is 1. The first kappa shape index (κ1) is 14.4. The maximum Gasteiger partial charge on any atom is 0.246 e. The molecule has 0 saturated carbocycles. The highest BCUT2D eigenvalue weighted by molar-refractivity contribution is 9.10. The number of hydrogen-bond acceptors (Lipinski definition) is 3. The van der Waals surface area contributed by atoms with Crippen LogP contribution in [0, 0.1) is 0 Å². The Hall–Kier alpha value is -2.01. The number of furan rings is 1. The van der Waals surface area contributed by atoms with Gasteiger partial charge < -0.3 is 15.1 Å². The molecular weight excluding hydrogens is 320 g/mol. The Morgan fingerprint density at radius 3 is 2.85 bits per heavy atom. The van der Waals surface area contributed by atoms with E-state index >= 15 is 0 Å². The molecule has 104 valence electrons. The minimum atomic E-state index is -0.0973. The Bertz CT molecular complexity index is 634. The third-order valence-corrected chi connectivity index (χ3v) is 3.15. The van der Waals surface area contributed by atoms with Gasteiger partial charge in [-0.3, -0.25) is 4.79 Å². The largest absolute Gasteiger partial charge is 0.452 e. The summed E-state index contributed by atoms with van der Waals surface area (Å²) in [6.45, 7) is 0.422. The van der Waals surface area contributed by atoms with Gasteiger partial charge >= 0.3 is 0 Å². The number of likely N-dealkylation sites (N-methyl/N-ethyl adjacent to an activating group) is 1. The summed E-state index contributed by atoms with van der Waals surface area (Å²) in [7, 11) is 1.72. The predicted molar refractivity (Wildman–Crippen MR) is 82.8 cm³/mol. The van der Waals surface area contributed by atoms with E-state index in [1.54, 1.807) is 30.2 Å². The molecule has 0 saturated heterocycles. The molecule has 1 amide bonds. The van der Waals surface area contributed by atoms with Crippen molar-refractivity contribution in [3.63, 3.8) is 0 Å². The Balaban J connectivity index is 1.97. The van der Waals surface area contributed by atoms with Crippen molar-refractivity contribution < 1.29 is 9.21 Å². The van der Waals surface area contributed by atoms with E-state index < -0.39 is 0 Å². The zero-order valence-corrected chi connectivity index (χ0v) is 12.6. The maximum absolute atomic E-state index is 12.0. The first-order valence-electron chi connectivity index (χ1n) is 6.07. The van der Waals surface area contributed by atoms with Crippen LogP contribution in [0.5, 0.6) is 0 Å². The molecule has 0 spiro atoms. The van der Waals surface area contributed by atoms with Crippen molar-refractivity contribution in [2.24, 2.45) is 0 Å². The number of halogens is 1. The molecule has 0 unspecified atom stereocenters. The van der Waals surface area contributed by atoms with Crippen molar-refractivity contribution in [1.82, 2.24) is 4.90 Å². The summed E-state index contributed by atoms with van der Waals surface area (Å²) in [6.07, 6.45) is 3.26. The molecule has 2 rings (SSSR count). The number of amides is 1. The van der Waals surface area contributed by atoms with Crippen LogP contribution >= 0.6 is 15.9 Å². The minimum Gasteiger partial charge on any atom is -0.452 e. The highest BCUT2D eigenvalue weighted by Gasteiger charge is 2.08. The van der Waals surface area contributed by atoms with Gasteiger partial charge in [-0.05, 0) is 51.8 Å². The second kappa shape index (κ2) is 6.43. The van der Waals surface area contributed by atoms with E-state index in [1.165, 1.54) is 6.08 Å². The molecule has 5 heteroatoms. The van der Waals surface area contributed by atoms with Crippen molar-refractivity contribution in [2.75, 3.05) is 12.8 Å². The fourth-order valence-electron chi connectivity index (χ4n) is 1.71. The quantitative estimate of drug-likeness (QED) is 0.689. The topological polar surface area (TPSA) is 59.5 Å². The molecule has 2 aromatic rings. The molecule has 1 heterocycles. The van der Waals surface area contributed by atoms with Gasteiger partial charge in [0.2, 0.25) is 5.91 Å². The van der Waals surface area contributed by atoms with E-state index in [0.717, 1.165) is 11.3 Å². The summed E-state index contributed by atoms with van der Waals surface area (Å²) in [6, 6.07) is 11.0. The van der Waals surface area contributed by atoms with E-state index in [4.69, 9.17) is 10.2 Å². The van der Waals surface area contributed by atoms with Crippen LogP contribution in [0.4, 0.5) is 5.69 Å². The fraction of sp³-hybridized carbons (Fsp3) is 0.133. The summed E-state index contributed by atoms with van der Waals surface area (Å²) in [5, 5.41) is 0. The molecule has 0 aliphatic rings. The van der Waals surface area contributed by atoms with E-state index in [2.05, 4.69) is 15.9 Å². The van der Waals surface area contributed by atoms with Gasteiger partial charge in [0, 0.05) is 18.8 Å². The number of nitrogen functional groups attached to an aromatic ring is 1. The summed E-state index contributed by atoms with van der Waals surface area (Å²) in [4.78, 5) is 13.5. The number of nitrogens with two attached hydrogens (primary N) is 1. The van der Waals surface area contributed by atoms with Gasteiger partial charge in [0.05, 0.1) is 6.54 Å². The highest BCUT2D eigenvalue weighted by Crippen LogP contribution is 2.15. The molecule has 20 heavy (non-hydrogen) atoms. The van der Waals surface area contributed by atoms with E-state index in [9.17, 15) is 4.79 Å². The summed E-state index contributed by atoms with van der Waals surface area (Å²) < 4.78 is 6.02. The van der Waals surface area contributed by atoms with E-state index in [-0.39, 0.29) is 5.91 Å². The van der Waals surface area contributed by atoms with Crippen LogP contribution in [0.1, 0.15) is 11.3 Å². The lowest BCUT2D eigenvalue weighted by atomic mass is 10.2. The molecule has 4 nitrogen and oxygen atoms in total. The summed E-state index contributed by atoms with van der Waals surface area (Å²) >= 11 is 3.23. The Kier molecular flexibility index (Phi) is 4.63. The molecule has 1 aromatic carbocycles. The fourth-order valence-corrected chi connectivity index (χ4v) is 2.05. The third-order valence-electron chi connectivity index (χ3n) is 2.73. The molecule has 0 aliphatic carbocycles. The first-order valence-corrected chi connectivity index (χ1v) is 6.87. The number of benzene rings is 1. The molecule has 0 fully saturated rings. The molecule has 0 aliphatic heterocycles. The van der Waals surface area contributed by atoms with Crippen LogP contribution in [0.15, 0.2) is 51.6 Å². The van der Waals surface area contributed by atoms with Crippen molar-refractivity contribution in [3.8, 4) is 0 Å². The van der Waals surface area contributed by atoms with Crippen LogP contribution in [-0.2, 0) is 11.3 Å². The van der Waals surface area contributed by atoms with Gasteiger partial charge in [0.15, 0.2) is 4.67 Å². The average Bonchev–Trinajstić information content (AvgIpc) is 2.81. The predicted octanol–water partition coefficient (Wildman–Crippen LogP) is 3.30. The van der Waals surface area contributed by atoms with E-state index in [0.29, 0.717) is 16.9 Å². The molecule has 2 N–H and O–H groups in total. The van der Waals surface area contributed by atoms with Gasteiger partial charge in [-0.1, -0.05) is 12.1 Å².